The van der Waals surface area contributed by atoms with E-state index in [1.54, 1.807) is 13.0 Å². The van der Waals surface area contributed by atoms with Crippen LogP contribution in [0.3, 0.4) is 0 Å². The first kappa shape index (κ1) is 23.6. The number of carbonyl (C=O) groups excluding carboxylic acids is 1. The van der Waals surface area contributed by atoms with Gasteiger partial charge in [-0.05, 0) is 49.4 Å². The zero-order valence-corrected chi connectivity index (χ0v) is 18.2. The van der Waals surface area contributed by atoms with E-state index in [1.165, 1.54) is 12.1 Å². The van der Waals surface area contributed by atoms with Crippen LogP contribution in [0, 0.1) is 5.82 Å². The number of hydrogen-bond acceptors (Lipinski definition) is 6. The number of halogens is 5. The van der Waals surface area contributed by atoms with E-state index in [9.17, 15) is 22.4 Å². The molecule has 0 spiro atoms. The first-order valence-electron chi connectivity index (χ1n) is 9.80. The van der Waals surface area contributed by atoms with Crippen molar-refractivity contribution < 1.29 is 36.2 Å². The molecular weight excluding hydrogens is 482 g/mol. The van der Waals surface area contributed by atoms with Gasteiger partial charge < -0.3 is 19.2 Å². The summed E-state index contributed by atoms with van der Waals surface area (Å²) in [6.07, 6.45) is -2.60. The van der Waals surface area contributed by atoms with E-state index >= 15 is 0 Å². The van der Waals surface area contributed by atoms with Gasteiger partial charge in [-0.15, -0.1) is 5.10 Å². The smallest absolute Gasteiger partial charge is 0.420 e. The molecule has 1 atom stereocenters. The Labute approximate surface area is 195 Å². The lowest BCUT2D eigenvalue weighted by atomic mass is 9.75. The summed E-state index contributed by atoms with van der Waals surface area (Å²) in [5, 5.41) is 10.3. The highest BCUT2D eigenvalue weighted by Crippen LogP contribution is 2.41. The van der Waals surface area contributed by atoms with Crippen LogP contribution in [-0.2, 0) is 16.4 Å². The molecule has 7 nitrogen and oxygen atoms in total. The number of nitrogens with zero attached hydrogens (tertiary/aromatic N) is 2. The Kier molecular flexibility index (Phi) is 6.22. The maximum absolute atomic E-state index is 13.4. The molecular formula is C22H16ClF4N3O4. The van der Waals surface area contributed by atoms with Crippen LogP contribution in [0.25, 0.3) is 0 Å². The fourth-order valence-corrected chi connectivity index (χ4v) is 3.31. The molecule has 0 fully saturated rings. The van der Waals surface area contributed by atoms with Gasteiger partial charge in [-0.3, -0.25) is 4.79 Å². The van der Waals surface area contributed by atoms with Crippen LogP contribution in [0.5, 0.6) is 17.6 Å². The molecule has 1 aromatic heterocycles. The predicted molar refractivity (Wildman–Crippen MR) is 111 cm³/mol. The van der Waals surface area contributed by atoms with Crippen molar-refractivity contribution in [2.75, 3.05) is 6.61 Å². The topological polar surface area (TPSA) is 86.5 Å². The molecule has 0 saturated heterocycles. The van der Waals surface area contributed by atoms with Crippen molar-refractivity contribution in [3.63, 3.8) is 0 Å². The number of hydrogen-bond donors (Lipinski definition) is 1. The summed E-state index contributed by atoms with van der Waals surface area (Å²) in [6.45, 7) is 1.46. The number of benzene rings is 2. The molecule has 0 aliphatic heterocycles. The number of carbonyl (C=O) groups is 1. The first-order chi connectivity index (χ1) is 16.0. The lowest BCUT2D eigenvalue weighted by molar-refractivity contribution is -0.137. The van der Waals surface area contributed by atoms with Gasteiger partial charge in [0.15, 0.2) is 6.61 Å². The molecule has 1 unspecified atom stereocenters. The van der Waals surface area contributed by atoms with Gasteiger partial charge in [0.05, 0.1) is 16.0 Å². The summed E-state index contributed by atoms with van der Waals surface area (Å²) < 4.78 is 67.4. The first-order valence-corrected chi connectivity index (χ1v) is 10.2. The molecule has 12 heteroatoms. The Hall–Kier alpha value is -3.60. The summed E-state index contributed by atoms with van der Waals surface area (Å²) in [5.41, 5.74) is -0.877. The third-order valence-corrected chi connectivity index (χ3v) is 5.20. The number of nitrogens with one attached hydrogen (secondary N) is 1. The van der Waals surface area contributed by atoms with Gasteiger partial charge in [0, 0.05) is 18.2 Å². The SMILES string of the molecule is CC1(c2nnc(Oc3ccc(C(F)(F)F)cc3)o2)C=C(NC(=O)COc2ccc(Cl)c(F)c2)C1. The standard InChI is InChI=1S/C22H16ClF4N3O4/c1-21(9-13(10-21)28-18(31)11-32-15-6-7-16(23)17(24)8-15)19-29-30-20(34-19)33-14-4-2-12(3-5-14)22(25,26)27/h2-9H,10-11H2,1H3,(H,28,31). The van der Waals surface area contributed by atoms with Gasteiger partial charge in [-0.25, -0.2) is 4.39 Å². The molecule has 178 valence electrons. The van der Waals surface area contributed by atoms with E-state index in [1.807, 2.05) is 0 Å². The van der Waals surface area contributed by atoms with E-state index in [0.717, 1.165) is 30.3 Å². The minimum atomic E-state index is -4.45. The van der Waals surface area contributed by atoms with Crippen LogP contribution < -0.4 is 14.8 Å². The Morgan fingerprint density at radius 1 is 1.18 bits per heavy atom. The van der Waals surface area contributed by atoms with Crippen LogP contribution in [0.15, 0.2) is 58.7 Å². The van der Waals surface area contributed by atoms with E-state index in [0.29, 0.717) is 12.1 Å². The Morgan fingerprint density at radius 2 is 1.85 bits per heavy atom. The number of alkyl halides is 3. The molecule has 3 aromatic rings. The summed E-state index contributed by atoms with van der Waals surface area (Å²) in [5.74, 6) is -0.624. The molecule has 34 heavy (non-hydrogen) atoms. The molecule has 1 amide bonds. The highest BCUT2D eigenvalue weighted by molar-refractivity contribution is 6.30. The summed E-state index contributed by atoms with van der Waals surface area (Å²) in [7, 11) is 0. The Morgan fingerprint density at radius 3 is 2.50 bits per heavy atom. The summed E-state index contributed by atoms with van der Waals surface area (Å²) in [6, 6.07) is 7.89. The van der Waals surface area contributed by atoms with Gasteiger partial charge in [0.2, 0.25) is 5.89 Å². The number of allylic oxidation sites excluding steroid dienone is 2. The molecule has 0 radical (unpaired) electrons. The van der Waals surface area contributed by atoms with E-state index in [4.69, 9.17) is 25.5 Å². The van der Waals surface area contributed by atoms with Gasteiger partial charge >= 0.3 is 12.3 Å². The minimum absolute atomic E-state index is 0.0512. The maximum atomic E-state index is 13.4. The van der Waals surface area contributed by atoms with Gasteiger partial charge in [-0.2, -0.15) is 13.2 Å². The van der Waals surface area contributed by atoms with E-state index in [2.05, 4.69) is 15.5 Å². The minimum Gasteiger partial charge on any atom is -0.484 e. The second-order valence-electron chi connectivity index (χ2n) is 7.67. The highest BCUT2D eigenvalue weighted by atomic mass is 35.5. The molecule has 0 bridgehead atoms. The van der Waals surface area contributed by atoms with Crippen molar-refractivity contribution in [3.8, 4) is 17.6 Å². The second kappa shape index (κ2) is 8.98. The van der Waals surface area contributed by atoms with Crippen molar-refractivity contribution in [1.82, 2.24) is 15.5 Å². The number of rotatable bonds is 7. The van der Waals surface area contributed by atoms with Crippen LogP contribution in [0.4, 0.5) is 17.6 Å². The van der Waals surface area contributed by atoms with Crippen LogP contribution in [-0.4, -0.2) is 22.7 Å². The zero-order valence-electron chi connectivity index (χ0n) is 17.5. The molecule has 4 rings (SSSR count). The fourth-order valence-electron chi connectivity index (χ4n) is 3.19. The van der Waals surface area contributed by atoms with Crippen molar-refractivity contribution in [2.24, 2.45) is 0 Å². The van der Waals surface area contributed by atoms with E-state index < -0.39 is 28.9 Å². The quantitative estimate of drug-likeness (QED) is 0.439. The molecule has 1 aliphatic rings. The molecule has 1 heterocycles. The highest BCUT2D eigenvalue weighted by Gasteiger charge is 2.40. The summed E-state index contributed by atoms with van der Waals surface area (Å²) >= 11 is 5.60. The lowest BCUT2D eigenvalue weighted by Gasteiger charge is -2.33. The number of ether oxygens (including phenoxy) is 2. The largest absolute Gasteiger partial charge is 0.484 e. The third-order valence-electron chi connectivity index (χ3n) is 4.89. The van der Waals surface area contributed by atoms with Crippen molar-refractivity contribution in [3.05, 3.63) is 76.5 Å². The molecule has 1 aliphatic carbocycles. The number of aromatic nitrogens is 2. The fraction of sp³-hybridized carbons (Fsp3) is 0.227. The average molecular weight is 498 g/mol. The molecule has 1 N–H and O–H groups in total. The van der Waals surface area contributed by atoms with Crippen molar-refractivity contribution in [1.29, 1.82) is 0 Å². The second-order valence-corrected chi connectivity index (χ2v) is 8.08. The zero-order chi connectivity index (χ0) is 24.5. The molecule has 2 aromatic carbocycles. The van der Waals surface area contributed by atoms with Crippen LogP contribution >= 0.6 is 11.6 Å². The van der Waals surface area contributed by atoms with E-state index in [-0.39, 0.29) is 35.1 Å². The summed E-state index contributed by atoms with van der Waals surface area (Å²) in [4.78, 5) is 12.1. The monoisotopic (exact) mass is 497 g/mol. The normalized spacial score (nSPS) is 17.5. The van der Waals surface area contributed by atoms with Crippen molar-refractivity contribution >= 4 is 17.5 Å². The predicted octanol–water partition coefficient (Wildman–Crippen LogP) is 5.41. The van der Waals surface area contributed by atoms with Crippen molar-refractivity contribution in [2.45, 2.75) is 24.9 Å². The van der Waals surface area contributed by atoms with Crippen LogP contribution in [0.1, 0.15) is 24.8 Å². The molecule has 0 saturated carbocycles. The third kappa shape index (κ3) is 5.30. The Bertz CT molecular complexity index is 1240. The van der Waals surface area contributed by atoms with Gasteiger partial charge in [0.25, 0.3) is 5.91 Å². The average Bonchev–Trinajstić information content (AvgIpc) is 3.22. The maximum Gasteiger partial charge on any atom is 0.420 e. The Balaban J connectivity index is 1.31. The number of amides is 1. The lowest BCUT2D eigenvalue weighted by Crippen LogP contribution is -2.39. The van der Waals surface area contributed by atoms with Gasteiger partial charge in [-0.1, -0.05) is 16.7 Å². The van der Waals surface area contributed by atoms with Gasteiger partial charge in [0.1, 0.15) is 17.3 Å². The van der Waals surface area contributed by atoms with Crippen LogP contribution in [0.2, 0.25) is 5.02 Å².